The van der Waals surface area contributed by atoms with Crippen molar-refractivity contribution in [2.24, 2.45) is 0 Å². The molecular formula is C23H30N2O3. The number of morpholine rings is 1. The van der Waals surface area contributed by atoms with Gasteiger partial charge in [0, 0.05) is 50.3 Å². The fourth-order valence-electron chi connectivity index (χ4n) is 4.07. The zero-order valence-corrected chi connectivity index (χ0v) is 16.8. The Morgan fingerprint density at radius 2 is 2.07 bits per heavy atom. The Balaban J connectivity index is 1.30. The minimum absolute atomic E-state index is 0.203. The number of nitrogens with zero attached hydrogens (tertiary/aromatic N) is 1. The van der Waals surface area contributed by atoms with E-state index in [0.29, 0.717) is 0 Å². The zero-order valence-electron chi connectivity index (χ0n) is 16.8. The summed E-state index contributed by atoms with van der Waals surface area (Å²) in [6.45, 7) is 7.37. The molecule has 2 heterocycles. The van der Waals surface area contributed by atoms with Gasteiger partial charge in [0.05, 0.1) is 19.8 Å². The largest absolute Gasteiger partial charge is 0.496 e. The highest BCUT2D eigenvalue weighted by Gasteiger charge is 2.23. The Morgan fingerprint density at radius 3 is 2.89 bits per heavy atom. The Bertz CT molecular complexity index is 781. The second kappa shape index (κ2) is 8.95. The van der Waals surface area contributed by atoms with Gasteiger partial charge in [-0.25, -0.2) is 0 Å². The van der Waals surface area contributed by atoms with E-state index in [1.54, 1.807) is 7.11 Å². The predicted molar refractivity (Wildman–Crippen MR) is 110 cm³/mol. The maximum absolute atomic E-state index is 5.97. The van der Waals surface area contributed by atoms with Gasteiger partial charge in [-0.05, 0) is 24.6 Å². The molecule has 5 nitrogen and oxygen atoms in total. The first-order valence-electron chi connectivity index (χ1n) is 10.2. The SMILES string of the molecule is COc1cc2c(cc1CNC[C@@H]1CN(Cc3ccccc3)CCO1)O[C@H](C)C2. The molecule has 28 heavy (non-hydrogen) atoms. The summed E-state index contributed by atoms with van der Waals surface area (Å²) in [6, 6.07) is 14.9. The van der Waals surface area contributed by atoms with E-state index in [1.807, 2.05) is 0 Å². The van der Waals surface area contributed by atoms with Crippen LogP contribution < -0.4 is 14.8 Å². The molecule has 1 saturated heterocycles. The lowest BCUT2D eigenvalue weighted by Gasteiger charge is -2.33. The van der Waals surface area contributed by atoms with Gasteiger partial charge in [-0.15, -0.1) is 0 Å². The summed E-state index contributed by atoms with van der Waals surface area (Å²) in [4.78, 5) is 2.47. The Hall–Kier alpha value is -2.08. The van der Waals surface area contributed by atoms with Crippen LogP contribution in [0.5, 0.6) is 11.5 Å². The maximum atomic E-state index is 5.97. The average Bonchev–Trinajstić information content (AvgIpc) is 3.07. The number of methoxy groups -OCH3 is 1. The molecule has 2 aliphatic rings. The van der Waals surface area contributed by atoms with E-state index in [1.165, 1.54) is 11.1 Å². The first kappa shape index (κ1) is 19.2. The lowest BCUT2D eigenvalue weighted by molar-refractivity contribution is -0.0300. The fourth-order valence-corrected chi connectivity index (χ4v) is 4.07. The minimum atomic E-state index is 0.203. The Kier molecular flexibility index (Phi) is 6.15. The van der Waals surface area contributed by atoms with Crippen molar-refractivity contribution in [1.29, 1.82) is 0 Å². The summed E-state index contributed by atoms with van der Waals surface area (Å²) < 4.78 is 17.5. The normalized spacial score (nSPS) is 21.9. The molecule has 0 spiro atoms. The van der Waals surface area contributed by atoms with Crippen molar-refractivity contribution in [3.63, 3.8) is 0 Å². The van der Waals surface area contributed by atoms with Gasteiger partial charge in [-0.1, -0.05) is 30.3 Å². The molecule has 1 fully saturated rings. The quantitative estimate of drug-likeness (QED) is 0.797. The van der Waals surface area contributed by atoms with Gasteiger partial charge in [0.1, 0.15) is 17.6 Å². The summed E-state index contributed by atoms with van der Waals surface area (Å²) in [5.41, 5.74) is 3.72. The van der Waals surface area contributed by atoms with E-state index in [-0.39, 0.29) is 12.2 Å². The van der Waals surface area contributed by atoms with E-state index in [9.17, 15) is 0 Å². The highest BCUT2D eigenvalue weighted by atomic mass is 16.5. The van der Waals surface area contributed by atoms with Gasteiger partial charge < -0.3 is 19.5 Å². The van der Waals surface area contributed by atoms with Crippen molar-refractivity contribution < 1.29 is 14.2 Å². The molecule has 0 saturated carbocycles. The van der Waals surface area contributed by atoms with Gasteiger partial charge in [-0.2, -0.15) is 0 Å². The second-order valence-corrected chi connectivity index (χ2v) is 7.75. The number of hydrogen-bond donors (Lipinski definition) is 1. The lowest BCUT2D eigenvalue weighted by atomic mass is 10.1. The molecule has 150 valence electrons. The van der Waals surface area contributed by atoms with Crippen LogP contribution in [0.25, 0.3) is 0 Å². The highest BCUT2D eigenvalue weighted by Crippen LogP contribution is 2.34. The third-order valence-electron chi connectivity index (χ3n) is 5.46. The number of fused-ring (bicyclic) bond motifs is 1. The molecule has 0 aromatic heterocycles. The average molecular weight is 383 g/mol. The smallest absolute Gasteiger partial charge is 0.123 e. The van der Waals surface area contributed by atoms with Crippen molar-refractivity contribution in [2.45, 2.75) is 38.6 Å². The molecule has 2 atom stereocenters. The lowest BCUT2D eigenvalue weighted by Crippen LogP contribution is -2.46. The molecule has 2 aromatic carbocycles. The maximum Gasteiger partial charge on any atom is 0.123 e. The van der Waals surface area contributed by atoms with E-state index in [4.69, 9.17) is 14.2 Å². The first-order valence-corrected chi connectivity index (χ1v) is 10.2. The number of benzene rings is 2. The molecule has 2 aliphatic heterocycles. The second-order valence-electron chi connectivity index (χ2n) is 7.75. The fraction of sp³-hybridized carbons (Fsp3) is 0.478. The van der Waals surface area contributed by atoms with E-state index < -0.39 is 0 Å². The molecule has 0 aliphatic carbocycles. The van der Waals surface area contributed by atoms with Crippen LogP contribution in [0, 0.1) is 0 Å². The van der Waals surface area contributed by atoms with E-state index in [0.717, 1.165) is 62.8 Å². The highest BCUT2D eigenvalue weighted by molar-refractivity contribution is 5.48. The van der Waals surface area contributed by atoms with Crippen molar-refractivity contribution >= 4 is 0 Å². The van der Waals surface area contributed by atoms with Gasteiger partial charge in [-0.3, -0.25) is 4.90 Å². The van der Waals surface area contributed by atoms with Gasteiger partial charge in [0.25, 0.3) is 0 Å². The zero-order chi connectivity index (χ0) is 19.3. The summed E-state index contributed by atoms with van der Waals surface area (Å²) in [7, 11) is 1.73. The molecule has 0 radical (unpaired) electrons. The predicted octanol–water partition coefficient (Wildman–Crippen LogP) is 3.01. The standard InChI is InChI=1S/C23H30N2O3/c1-17-10-19-11-22(26-2)20(12-23(19)28-17)13-24-14-21-16-25(8-9-27-21)15-18-6-4-3-5-7-18/h3-7,11-12,17,21,24H,8-10,13-16H2,1-2H3/t17-,21-/m1/s1. The monoisotopic (exact) mass is 382 g/mol. The Morgan fingerprint density at radius 1 is 1.21 bits per heavy atom. The van der Waals surface area contributed by atoms with Crippen LogP contribution in [0.3, 0.4) is 0 Å². The third kappa shape index (κ3) is 4.66. The summed E-state index contributed by atoms with van der Waals surface area (Å²) >= 11 is 0. The summed E-state index contributed by atoms with van der Waals surface area (Å²) in [5.74, 6) is 1.92. The van der Waals surface area contributed by atoms with Crippen molar-refractivity contribution in [1.82, 2.24) is 10.2 Å². The van der Waals surface area contributed by atoms with Crippen LogP contribution >= 0.6 is 0 Å². The van der Waals surface area contributed by atoms with Gasteiger partial charge >= 0.3 is 0 Å². The van der Waals surface area contributed by atoms with Crippen LogP contribution in [-0.4, -0.2) is 50.5 Å². The summed E-state index contributed by atoms with van der Waals surface area (Å²) in [5, 5.41) is 3.55. The number of hydrogen-bond acceptors (Lipinski definition) is 5. The minimum Gasteiger partial charge on any atom is -0.496 e. The van der Waals surface area contributed by atoms with Crippen LogP contribution in [0.1, 0.15) is 23.6 Å². The molecule has 0 bridgehead atoms. The Labute approximate surface area is 167 Å². The third-order valence-corrected chi connectivity index (χ3v) is 5.46. The molecule has 0 amide bonds. The van der Waals surface area contributed by atoms with Crippen LogP contribution in [0.2, 0.25) is 0 Å². The number of nitrogens with one attached hydrogen (secondary N) is 1. The van der Waals surface area contributed by atoms with Gasteiger partial charge in [0.2, 0.25) is 0 Å². The van der Waals surface area contributed by atoms with E-state index in [2.05, 4.69) is 59.6 Å². The molecule has 0 unspecified atom stereocenters. The number of rotatable bonds is 7. The first-order chi connectivity index (χ1) is 13.7. The van der Waals surface area contributed by atoms with Crippen molar-refractivity contribution in [3.05, 3.63) is 59.2 Å². The van der Waals surface area contributed by atoms with Crippen LogP contribution in [0.15, 0.2) is 42.5 Å². The van der Waals surface area contributed by atoms with E-state index >= 15 is 0 Å². The molecular weight excluding hydrogens is 352 g/mol. The van der Waals surface area contributed by atoms with Crippen molar-refractivity contribution in [2.75, 3.05) is 33.4 Å². The number of ether oxygens (including phenoxy) is 3. The molecule has 5 heteroatoms. The van der Waals surface area contributed by atoms with Crippen molar-refractivity contribution in [3.8, 4) is 11.5 Å². The molecule has 2 aromatic rings. The van der Waals surface area contributed by atoms with Crippen LogP contribution in [-0.2, 0) is 24.2 Å². The van der Waals surface area contributed by atoms with Gasteiger partial charge in [0.15, 0.2) is 0 Å². The van der Waals surface area contributed by atoms with Crippen LogP contribution in [0.4, 0.5) is 0 Å². The molecule has 1 N–H and O–H groups in total. The molecule has 4 rings (SSSR count). The summed E-state index contributed by atoms with van der Waals surface area (Å²) in [6.07, 6.45) is 1.40. The topological polar surface area (TPSA) is 43.0 Å².